The largest absolute Gasteiger partial charge is 0.471 e. The molecule has 30 heavy (non-hydrogen) atoms. The zero-order chi connectivity index (χ0) is 21.5. The number of piperidine rings is 1. The SMILES string of the molecule is C[C@@H](NC(=O)c1ccc(-c2noc(C(F)(F)F)n2)cc1)C(=O)N1CCC2(CC1)CC2. The summed E-state index contributed by atoms with van der Waals surface area (Å²) < 4.78 is 41.9. The molecule has 7 nitrogen and oxygen atoms in total. The smallest absolute Gasteiger partial charge is 0.341 e. The standard InChI is InChI=1S/C20H21F3N4O3/c1-12(17(29)27-10-8-19(6-7-19)9-11-27)24-16(28)14-4-2-13(3-5-14)15-25-18(30-26-15)20(21,22)23/h2-5,12H,6-11H2,1H3,(H,24,28)/t12-/m1/s1. The lowest BCUT2D eigenvalue weighted by molar-refractivity contribution is -0.159. The minimum Gasteiger partial charge on any atom is -0.341 e. The monoisotopic (exact) mass is 422 g/mol. The molecule has 1 saturated heterocycles. The summed E-state index contributed by atoms with van der Waals surface area (Å²) in [7, 11) is 0. The molecule has 160 valence electrons. The Morgan fingerprint density at radius 2 is 1.77 bits per heavy atom. The van der Waals surface area contributed by atoms with Gasteiger partial charge < -0.3 is 14.7 Å². The van der Waals surface area contributed by atoms with Gasteiger partial charge >= 0.3 is 12.1 Å². The van der Waals surface area contributed by atoms with Crippen LogP contribution in [0.25, 0.3) is 11.4 Å². The molecule has 1 spiro atoms. The highest BCUT2D eigenvalue weighted by molar-refractivity contribution is 5.97. The molecule has 1 aliphatic heterocycles. The third-order valence-corrected chi connectivity index (χ3v) is 5.88. The fraction of sp³-hybridized carbons (Fsp3) is 0.500. The molecule has 4 rings (SSSR count). The third kappa shape index (κ3) is 4.17. The summed E-state index contributed by atoms with van der Waals surface area (Å²) in [6.45, 7) is 3.09. The second-order valence-electron chi connectivity index (χ2n) is 8.02. The van der Waals surface area contributed by atoms with Crippen molar-refractivity contribution in [1.29, 1.82) is 0 Å². The number of hydrogen-bond donors (Lipinski definition) is 1. The molecule has 2 fully saturated rings. The van der Waals surface area contributed by atoms with Crippen molar-refractivity contribution in [1.82, 2.24) is 20.4 Å². The molecule has 1 atom stereocenters. The summed E-state index contributed by atoms with van der Waals surface area (Å²) in [6, 6.07) is 5.04. The fourth-order valence-electron chi connectivity index (χ4n) is 3.72. The van der Waals surface area contributed by atoms with E-state index in [4.69, 9.17) is 0 Å². The molecule has 2 aromatic rings. The number of hydrogen-bond acceptors (Lipinski definition) is 5. The molecule has 2 amide bonds. The van der Waals surface area contributed by atoms with E-state index in [1.165, 1.54) is 37.1 Å². The van der Waals surface area contributed by atoms with Crippen LogP contribution >= 0.6 is 0 Å². The molecule has 0 radical (unpaired) electrons. The van der Waals surface area contributed by atoms with Crippen LogP contribution in [-0.2, 0) is 11.0 Å². The second kappa shape index (κ2) is 7.41. The first-order valence-corrected chi connectivity index (χ1v) is 9.78. The van der Waals surface area contributed by atoms with Crippen LogP contribution < -0.4 is 5.32 Å². The van der Waals surface area contributed by atoms with E-state index in [0.29, 0.717) is 5.41 Å². The number of halogens is 3. The van der Waals surface area contributed by atoms with Gasteiger partial charge in [0, 0.05) is 24.2 Å². The quantitative estimate of drug-likeness (QED) is 0.817. The van der Waals surface area contributed by atoms with Crippen LogP contribution in [0.4, 0.5) is 13.2 Å². The third-order valence-electron chi connectivity index (χ3n) is 5.88. The summed E-state index contributed by atoms with van der Waals surface area (Å²) in [5.74, 6) is -2.21. The molecule has 1 aromatic heterocycles. The van der Waals surface area contributed by atoms with E-state index >= 15 is 0 Å². The Morgan fingerprint density at radius 1 is 1.13 bits per heavy atom. The number of rotatable bonds is 4. The van der Waals surface area contributed by atoms with Gasteiger partial charge in [-0.1, -0.05) is 17.3 Å². The minimum atomic E-state index is -4.72. The van der Waals surface area contributed by atoms with Crippen molar-refractivity contribution in [2.45, 2.75) is 44.8 Å². The zero-order valence-electron chi connectivity index (χ0n) is 16.3. The Balaban J connectivity index is 1.35. The molecule has 1 aromatic carbocycles. The van der Waals surface area contributed by atoms with Crippen molar-refractivity contribution in [3.05, 3.63) is 35.7 Å². The first kappa shape index (κ1) is 20.4. The summed E-state index contributed by atoms with van der Waals surface area (Å²) in [5, 5.41) is 5.99. The molecular formula is C20H21F3N4O3. The predicted molar refractivity (Wildman–Crippen MR) is 99.1 cm³/mol. The topological polar surface area (TPSA) is 88.3 Å². The maximum atomic E-state index is 12.6. The molecule has 2 heterocycles. The van der Waals surface area contributed by atoms with Crippen molar-refractivity contribution in [3.63, 3.8) is 0 Å². The minimum absolute atomic E-state index is 0.109. The Kier molecular flexibility index (Phi) is 5.03. The van der Waals surface area contributed by atoms with Gasteiger partial charge in [0.05, 0.1) is 0 Å². The van der Waals surface area contributed by atoms with Gasteiger partial charge in [-0.25, -0.2) is 0 Å². The van der Waals surface area contributed by atoms with Gasteiger partial charge in [0.15, 0.2) is 0 Å². The molecule has 1 N–H and O–H groups in total. The van der Waals surface area contributed by atoms with Crippen LogP contribution in [-0.4, -0.2) is 46.0 Å². The van der Waals surface area contributed by atoms with Crippen LogP contribution in [0.5, 0.6) is 0 Å². The van der Waals surface area contributed by atoms with Crippen molar-refractivity contribution in [2.24, 2.45) is 5.41 Å². The van der Waals surface area contributed by atoms with Gasteiger partial charge in [0.2, 0.25) is 11.7 Å². The van der Waals surface area contributed by atoms with Crippen LogP contribution in [0.3, 0.4) is 0 Å². The average Bonchev–Trinajstić information content (AvgIpc) is 3.27. The molecule has 2 aliphatic rings. The maximum Gasteiger partial charge on any atom is 0.471 e. The number of amides is 2. The molecule has 0 bridgehead atoms. The van der Waals surface area contributed by atoms with Gasteiger partial charge in [-0.05, 0) is 50.2 Å². The Labute approximate surface area is 170 Å². The normalized spacial score (nSPS) is 18.9. The van der Waals surface area contributed by atoms with Crippen LogP contribution in [0, 0.1) is 5.41 Å². The number of benzene rings is 1. The lowest BCUT2D eigenvalue weighted by Crippen LogP contribution is -2.49. The van der Waals surface area contributed by atoms with Gasteiger partial charge in [-0.2, -0.15) is 18.2 Å². The Bertz CT molecular complexity index is 941. The molecule has 10 heteroatoms. The first-order chi connectivity index (χ1) is 14.2. The van der Waals surface area contributed by atoms with Crippen molar-refractivity contribution >= 4 is 11.8 Å². The van der Waals surface area contributed by atoms with Crippen LogP contribution in [0.15, 0.2) is 28.8 Å². The van der Waals surface area contributed by atoms with Crippen LogP contribution in [0.1, 0.15) is 48.9 Å². The number of carbonyl (C=O) groups excluding carboxylic acids is 2. The molecular weight excluding hydrogens is 401 g/mol. The number of carbonyl (C=O) groups is 2. The number of likely N-dealkylation sites (tertiary alicyclic amines) is 1. The van der Waals surface area contributed by atoms with E-state index in [1.54, 1.807) is 11.8 Å². The van der Waals surface area contributed by atoms with Crippen LogP contribution in [0.2, 0.25) is 0 Å². The second-order valence-corrected chi connectivity index (χ2v) is 8.02. The zero-order valence-corrected chi connectivity index (χ0v) is 16.3. The Morgan fingerprint density at radius 3 is 2.30 bits per heavy atom. The summed E-state index contributed by atoms with van der Waals surface area (Å²) >= 11 is 0. The van der Waals surface area contributed by atoms with Gasteiger partial charge in [-0.3, -0.25) is 9.59 Å². The number of nitrogens with zero attached hydrogens (tertiary/aromatic N) is 3. The lowest BCUT2D eigenvalue weighted by Gasteiger charge is -2.33. The highest BCUT2D eigenvalue weighted by Crippen LogP contribution is 2.53. The molecule has 1 saturated carbocycles. The number of alkyl halides is 3. The van der Waals surface area contributed by atoms with Crippen molar-refractivity contribution < 1.29 is 27.3 Å². The number of aromatic nitrogens is 2. The Hall–Kier alpha value is -2.91. The van der Waals surface area contributed by atoms with Crippen molar-refractivity contribution in [2.75, 3.05) is 13.1 Å². The van der Waals surface area contributed by atoms with Gasteiger partial charge in [0.25, 0.3) is 5.91 Å². The van der Waals surface area contributed by atoms with E-state index in [2.05, 4.69) is 20.0 Å². The lowest BCUT2D eigenvalue weighted by atomic mass is 9.93. The highest BCUT2D eigenvalue weighted by atomic mass is 19.4. The summed E-state index contributed by atoms with van der Waals surface area (Å²) in [4.78, 5) is 30.2. The maximum absolute atomic E-state index is 12.6. The molecule has 1 aliphatic carbocycles. The van der Waals surface area contributed by atoms with E-state index < -0.39 is 24.0 Å². The fourth-order valence-corrected chi connectivity index (χ4v) is 3.72. The summed E-state index contributed by atoms with van der Waals surface area (Å²) in [6.07, 6.45) is -0.182. The van der Waals surface area contributed by atoms with E-state index in [-0.39, 0.29) is 22.9 Å². The number of nitrogens with one attached hydrogen (secondary N) is 1. The van der Waals surface area contributed by atoms with Crippen molar-refractivity contribution in [3.8, 4) is 11.4 Å². The molecule has 0 unspecified atom stereocenters. The highest BCUT2D eigenvalue weighted by Gasteiger charge is 2.45. The predicted octanol–water partition coefficient (Wildman–Crippen LogP) is 3.28. The van der Waals surface area contributed by atoms with E-state index in [1.807, 2.05) is 0 Å². The van der Waals surface area contributed by atoms with Gasteiger partial charge in [0.1, 0.15) is 6.04 Å². The van der Waals surface area contributed by atoms with E-state index in [9.17, 15) is 22.8 Å². The van der Waals surface area contributed by atoms with E-state index in [0.717, 1.165) is 25.9 Å². The van der Waals surface area contributed by atoms with Gasteiger partial charge in [-0.15, -0.1) is 0 Å². The summed E-state index contributed by atoms with van der Waals surface area (Å²) in [5.41, 5.74) is 1.01. The first-order valence-electron chi connectivity index (χ1n) is 9.78. The average molecular weight is 422 g/mol.